The number of likely N-dealkylation sites (N-methyl/N-ethyl adjacent to an activating group) is 1. The Morgan fingerprint density at radius 2 is 1.89 bits per heavy atom. The summed E-state index contributed by atoms with van der Waals surface area (Å²) in [5.74, 6) is -0.944. The molecule has 2 heterocycles. The molecular formula is C27H30ClFN4O4S. The molecule has 2 atom stereocenters. The highest BCUT2D eigenvalue weighted by atomic mass is 35.5. The van der Waals surface area contributed by atoms with Crippen LogP contribution in [0.25, 0.3) is 11.1 Å². The number of hydrogen-bond acceptors (Lipinski definition) is 7. The number of rotatable bonds is 7. The molecule has 2 aromatic carbocycles. The average molecular weight is 561 g/mol. The Morgan fingerprint density at radius 1 is 1.18 bits per heavy atom. The number of benzene rings is 2. The van der Waals surface area contributed by atoms with Crippen LogP contribution in [0, 0.1) is 11.2 Å². The second-order valence-electron chi connectivity index (χ2n) is 9.82. The van der Waals surface area contributed by atoms with Crippen molar-refractivity contribution in [3.8, 4) is 16.9 Å². The van der Waals surface area contributed by atoms with Gasteiger partial charge in [0.25, 0.3) is 5.91 Å². The maximum Gasteiger partial charge on any atom is 0.306 e. The van der Waals surface area contributed by atoms with Gasteiger partial charge in [-0.3, -0.25) is 14.7 Å². The summed E-state index contributed by atoms with van der Waals surface area (Å²) in [5.41, 5.74) is 6.43. The number of guanidine groups is 1. The molecule has 0 aromatic heterocycles. The number of nitrogens with zero attached hydrogens (tertiary/aromatic N) is 3. The highest BCUT2D eigenvalue weighted by molar-refractivity contribution is 7.86. The Kier molecular flexibility index (Phi) is 7.18. The molecule has 2 aliphatic heterocycles. The third-order valence-electron chi connectivity index (χ3n) is 7.01. The third kappa shape index (κ3) is 4.82. The second kappa shape index (κ2) is 9.81. The summed E-state index contributed by atoms with van der Waals surface area (Å²) in [4.78, 5) is 24.8. The van der Waals surface area contributed by atoms with Gasteiger partial charge in [-0.05, 0) is 54.7 Å². The molecule has 38 heavy (non-hydrogen) atoms. The summed E-state index contributed by atoms with van der Waals surface area (Å²) >= 11 is 6.23. The van der Waals surface area contributed by atoms with Crippen molar-refractivity contribution in [1.29, 1.82) is 0 Å². The number of amides is 1. The molecule has 0 saturated heterocycles. The SMILES string of the molecule is CCC1=CC(C)(C2(c3ccc(F)c(-c4cc(Cl)cc(OS(C)(=O)=O)c4)c3)N=C(N)N(C)C2=O)CC(CC)=N1. The van der Waals surface area contributed by atoms with E-state index in [1.165, 1.54) is 35.2 Å². The fraction of sp³-hybridized carbons (Fsp3) is 0.370. The summed E-state index contributed by atoms with van der Waals surface area (Å²) < 4.78 is 43.7. The Labute approximate surface area is 227 Å². The van der Waals surface area contributed by atoms with E-state index in [1.54, 1.807) is 13.1 Å². The molecule has 202 valence electrons. The lowest BCUT2D eigenvalue weighted by atomic mass is 9.62. The fourth-order valence-corrected chi connectivity index (χ4v) is 5.85. The van der Waals surface area contributed by atoms with Crippen molar-refractivity contribution in [2.75, 3.05) is 13.3 Å². The number of aliphatic imine (C=N–C) groups is 2. The minimum absolute atomic E-state index is 0.0562. The highest BCUT2D eigenvalue weighted by Crippen LogP contribution is 2.53. The van der Waals surface area contributed by atoms with Crippen LogP contribution in [0.4, 0.5) is 4.39 Å². The van der Waals surface area contributed by atoms with Gasteiger partial charge in [-0.15, -0.1) is 0 Å². The van der Waals surface area contributed by atoms with Gasteiger partial charge < -0.3 is 9.92 Å². The standard InChI is InChI=1S/C27H30ClFN4O4S/c1-6-19-14-26(3,15-20(7-2)31-19)27(24(34)33(4)25(30)32-27)17-8-9-23(29)22(12-17)16-10-18(28)13-21(11-16)37-38(5,35)36/h8-14H,6-7,15H2,1-5H3,(H2,30,32). The lowest BCUT2D eigenvalue weighted by Crippen LogP contribution is -2.51. The van der Waals surface area contributed by atoms with Gasteiger partial charge in [0, 0.05) is 40.5 Å². The first kappa shape index (κ1) is 27.8. The Balaban J connectivity index is 1.96. The van der Waals surface area contributed by atoms with Gasteiger partial charge in [-0.25, -0.2) is 9.38 Å². The molecule has 4 rings (SSSR count). The molecule has 2 aliphatic rings. The van der Waals surface area contributed by atoms with Crippen LogP contribution in [-0.4, -0.2) is 44.2 Å². The Morgan fingerprint density at radius 3 is 2.47 bits per heavy atom. The van der Waals surface area contributed by atoms with Crippen molar-refractivity contribution in [2.24, 2.45) is 21.1 Å². The van der Waals surface area contributed by atoms with Gasteiger partial charge >= 0.3 is 10.1 Å². The lowest BCUT2D eigenvalue weighted by molar-refractivity contribution is -0.134. The molecule has 0 radical (unpaired) electrons. The van der Waals surface area contributed by atoms with Crippen LogP contribution in [0.2, 0.25) is 5.02 Å². The molecule has 2 N–H and O–H groups in total. The molecule has 0 fully saturated rings. The molecule has 0 spiro atoms. The van der Waals surface area contributed by atoms with Crippen molar-refractivity contribution in [2.45, 2.75) is 45.6 Å². The predicted octanol–water partition coefficient (Wildman–Crippen LogP) is 5.02. The number of carbonyl (C=O) groups is 1. The summed E-state index contributed by atoms with van der Waals surface area (Å²) in [6.45, 7) is 5.95. The first-order valence-corrected chi connectivity index (χ1v) is 14.3. The molecule has 8 nitrogen and oxygen atoms in total. The summed E-state index contributed by atoms with van der Waals surface area (Å²) in [5, 5.41) is 0.151. The summed E-state index contributed by atoms with van der Waals surface area (Å²) in [6, 6.07) is 8.52. The third-order valence-corrected chi connectivity index (χ3v) is 7.72. The number of carbonyl (C=O) groups excluding carboxylic acids is 1. The minimum Gasteiger partial charge on any atom is -0.383 e. The Hall–Kier alpha value is -3.24. The number of nitrogens with two attached hydrogens (primary N) is 1. The van der Waals surface area contributed by atoms with Gasteiger partial charge in [0.15, 0.2) is 11.5 Å². The fourth-order valence-electron chi connectivity index (χ4n) is 5.18. The molecular weight excluding hydrogens is 531 g/mol. The highest BCUT2D eigenvalue weighted by Gasteiger charge is 2.60. The quantitative estimate of drug-likeness (QED) is 0.477. The van der Waals surface area contributed by atoms with E-state index in [2.05, 4.69) is 0 Å². The van der Waals surface area contributed by atoms with Gasteiger partial charge in [-0.1, -0.05) is 44.5 Å². The van der Waals surface area contributed by atoms with Gasteiger partial charge in [0.2, 0.25) is 0 Å². The van der Waals surface area contributed by atoms with E-state index in [1.807, 2.05) is 26.8 Å². The van der Waals surface area contributed by atoms with E-state index in [-0.39, 0.29) is 33.8 Å². The maximum absolute atomic E-state index is 15.3. The Bertz CT molecular complexity index is 1520. The topological polar surface area (TPSA) is 114 Å². The van der Waals surface area contributed by atoms with Crippen LogP contribution in [0.15, 0.2) is 58.2 Å². The van der Waals surface area contributed by atoms with Crippen molar-refractivity contribution in [1.82, 2.24) is 4.90 Å². The van der Waals surface area contributed by atoms with E-state index in [0.717, 1.165) is 17.7 Å². The van der Waals surface area contributed by atoms with Crippen LogP contribution in [0.5, 0.6) is 5.75 Å². The smallest absolute Gasteiger partial charge is 0.306 e. The van der Waals surface area contributed by atoms with Gasteiger partial charge in [-0.2, -0.15) is 8.42 Å². The van der Waals surface area contributed by atoms with Crippen molar-refractivity contribution in [3.05, 3.63) is 64.6 Å². The van der Waals surface area contributed by atoms with Crippen molar-refractivity contribution < 1.29 is 21.8 Å². The maximum atomic E-state index is 15.3. The largest absolute Gasteiger partial charge is 0.383 e. The van der Waals surface area contributed by atoms with E-state index in [9.17, 15) is 13.2 Å². The molecule has 2 aromatic rings. The zero-order valence-corrected chi connectivity index (χ0v) is 23.5. The minimum atomic E-state index is -3.84. The van der Waals surface area contributed by atoms with E-state index in [4.69, 9.17) is 31.5 Å². The van der Waals surface area contributed by atoms with Crippen molar-refractivity contribution in [3.63, 3.8) is 0 Å². The zero-order chi connectivity index (χ0) is 28.0. The molecule has 0 saturated carbocycles. The van der Waals surface area contributed by atoms with E-state index >= 15 is 4.39 Å². The summed E-state index contributed by atoms with van der Waals surface area (Å²) in [6.07, 6.45) is 4.70. The molecule has 0 aliphatic carbocycles. The number of halogens is 2. The second-order valence-corrected chi connectivity index (χ2v) is 11.8. The van der Waals surface area contributed by atoms with Gasteiger partial charge in [0.1, 0.15) is 11.6 Å². The zero-order valence-electron chi connectivity index (χ0n) is 21.9. The first-order valence-electron chi connectivity index (χ1n) is 12.1. The molecule has 1 amide bonds. The van der Waals surface area contributed by atoms with Crippen LogP contribution in [-0.2, 0) is 20.5 Å². The van der Waals surface area contributed by atoms with E-state index in [0.29, 0.717) is 24.8 Å². The number of allylic oxidation sites excluding steroid dienone is 1. The molecule has 0 bridgehead atoms. The first-order chi connectivity index (χ1) is 17.7. The van der Waals surface area contributed by atoms with Gasteiger partial charge in [0.05, 0.1) is 6.26 Å². The lowest BCUT2D eigenvalue weighted by Gasteiger charge is -2.43. The monoisotopic (exact) mass is 560 g/mol. The average Bonchev–Trinajstić information content (AvgIpc) is 3.07. The van der Waals surface area contributed by atoms with Crippen molar-refractivity contribution >= 4 is 39.3 Å². The molecule has 2 unspecified atom stereocenters. The van der Waals surface area contributed by atoms with Crippen LogP contribution in [0.3, 0.4) is 0 Å². The van der Waals surface area contributed by atoms with Crippen LogP contribution >= 0.6 is 11.6 Å². The van der Waals surface area contributed by atoms with Crippen LogP contribution < -0.4 is 9.92 Å². The normalized spacial score (nSPS) is 23.7. The van der Waals surface area contributed by atoms with Crippen LogP contribution in [0.1, 0.15) is 45.6 Å². The molecule has 11 heteroatoms. The summed E-state index contributed by atoms with van der Waals surface area (Å²) in [7, 11) is -2.28. The predicted molar refractivity (Wildman–Crippen MR) is 147 cm³/mol. The van der Waals surface area contributed by atoms with E-state index < -0.39 is 26.9 Å². The number of hydrogen-bond donors (Lipinski definition) is 1.